The lowest BCUT2D eigenvalue weighted by Gasteiger charge is -2.09. The molecule has 0 fully saturated rings. The Labute approximate surface area is 115 Å². The molecule has 0 aliphatic rings. The highest BCUT2D eigenvalue weighted by molar-refractivity contribution is 6.35. The number of hydrogen-bond acceptors (Lipinski definition) is 3. The number of rotatable bonds is 3. The normalized spacial score (nSPS) is 10.4. The van der Waals surface area contributed by atoms with Crippen LogP contribution in [0.2, 0.25) is 10.0 Å². The first-order valence-corrected chi connectivity index (χ1v) is 6.14. The average Bonchev–Trinajstić information content (AvgIpc) is 2.32. The van der Waals surface area contributed by atoms with Gasteiger partial charge in [-0.25, -0.2) is 4.98 Å². The van der Waals surface area contributed by atoms with Gasteiger partial charge in [0.1, 0.15) is 5.75 Å². The van der Waals surface area contributed by atoms with Crippen molar-refractivity contribution in [3.63, 3.8) is 0 Å². The van der Waals surface area contributed by atoms with Crippen molar-refractivity contribution in [3.8, 4) is 11.6 Å². The van der Waals surface area contributed by atoms with E-state index in [4.69, 9.17) is 33.7 Å². The third kappa shape index (κ3) is 3.13. The van der Waals surface area contributed by atoms with E-state index in [1.807, 2.05) is 13.0 Å². The Morgan fingerprint density at radius 3 is 2.67 bits per heavy atom. The lowest BCUT2D eigenvalue weighted by atomic mass is 10.2. The van der Waals surface area contributed by atoms with Gasteiger partial charge < -0.3 is 10.5 Å². The molecule has 0 unspecified atom stereocenters. The molecule has 2 N–H and O–H groups in total. The minimum atomic E-state index is 0.439. The van der Waals surface area contributed by atoms with Gasteiger partial charge in [-0.1, -0.05) is 23.2 Å². The molecule has 1 heterocycles. The molecule has 2 rings (SSSR count). The molecule has 0 saturated heterocycles. The van der Waals surface area contributed by atoms with Crippen LogP contribution in [0.5, 0.6) is 11.6 Å². The van der Waals surface area contributed by atoms with Gasteiger partial charge in [0.05, 0.1) is 5.02 Å². The monoisotopic (exact) mass is 282 g/mol. The summed E-state index contributed by atoms with van der Waals surface area (Å²) >= 11 is 11.9. The van der Waals surface area contributed by atoms with Crippen molar-refractivity contribution < 1.29 is 4.74 Å². The highest BCUT2D eigenvalue weighted by Gasteiger charge is 2.06. The lowest BCUT2D eigenvalue weighted by Crippen LogP contribution is -1.99. The molecule has 1 aromatic heterocycles. The number of aromatic nitrogens is 1. The first kappa shape index (κ1) is 13.1. The molecule has 0 atom stereocenters. The molecule has 0 spiro atoms. The minimum absolute atomic E-state index is 0.439. The van der Waals surface area contributed by atoms with Gasteiger partial charge in [0.2, 0.25) is 5.88 Å². The summed E-state index contributed by atoms with van der Waals surface area (Å²) in [7, 11) is 0. The SMILES string of the molecule is Cc1cc(CN)cc(Oc2ccc(Cl)cc2Cl)n1. The standard InChI is InChI=1S/C13H12Cl2N2O/c1-8-4-9(7-16)5-13(17-8)18-12-3-2-10(14)6-11(12)15/h2-6H,7,16H2,1H3. The molecule has 1 aromatic carbocycles. The molecule has 0 amide bonds. The molecule has 0 radical (unpaired) electrons. The van der Waals surface area contributed by atoms with Gasteiger partial charge in [-0.15, -0.1) is 0 Å². The number of aryl methyl sites for hydroxylation is 1. The second-order valence-corrected chi connectivity index (χ2v) is 4.68. The van der Waals surface area contributed by atoms with Crippen LogP contribution in [0, 0.1) is 6.92 Å². The van der Waals surface area contributed by atoms with Gasteiger partial charge >= 0.3 is 0 Å². The summed E-state index contributed by atoms with van der Waals surface area (Å²) in [5, 5.41) is 1.01. The molecule has 5 heteroatoms. The largest absolute Gasteiger partial charge is 0.437 e. The van der Waals surface area contributed by atoms with Crippen LogP contribution < -0.4 is 10.5 Å². The van der Waals surface area contributed by atoms with Gasteiger partial charge in [0, 0.05) is 23.3 Å². The van der Waals surface area contributed by atoms with E-state index >= 15 is 0 Å². The minimum Gasteiger partial charge on any atom is -0.437 e. The Morgan fingerprint density at radius 1 is 1.22 bits per heavy atom. The number of ether oxygens (including phenoxy) is 1. The Balaban J connectivity index is 2.30. The Bertz CT molecular complexity index is 573. The van der Waals surface area contributed by atoms with Crippen molar-refractivity contribution in [1.82, 2.24) is 4.98 Å². The zero-order valence-electron chi connectivity index (χ0n) is 9.78. The fourth-order valence-electron chi connectivity index (χ4n) is 1.55. The molecule has 3 nitrogen and oxygen atoms in total. The predicted molar refractivity (Wildman–Crippen MR) is 73.4 cm³/mol. The first-order chi connectivity index (χ1) is 8.58. The summed E-state index contributed by atoms with van der Waals surface area (Å²) in [5.41, 5.74) is 7.41. The van der Waals surface area contributed by atoms with Crippen molar-refractivity contribution in [2.24, 2.45) is 5.73 Å². The van der Waals surface area contributed by atoms with Crippen LogP contribution in [0.15, 0.2) is 30.3 Å². The maximum atomic E-state index is 6.03. The van der Waals surface area contributed by atoms with E-state index in [0.717, 1.165) is 11.3 Å². The number of hydrogen-bond donors (Lipinski definition) is 1. The van der Waals surface area contributed by atoms with Crippen molar-refractivity contribution in [2.75, 3.05) is 0 Å². The highest BCUT2D eigenvalue weighted by atomic mass is 35.5. The number of nitrogens with two attached hydrogens (primary N) is 1. The summed E-state index contributed by atoms with van der Waals surface area (Å²) < 4.78 is 5.63. The molecule has 18 heavy (non-hydrogen) atoms. The number of nitrogens with zero attached hydrogens (tertiary/aromatic N) is 1. The zero-order chi connectivity index (χ0) is 13.1. The molecular formula is C13H12Cl2N2O. The van der Waals surface area contributed by atoms with Crippen LogP contribution in [-0.2, 0) is 6.54 Å². The zero-order valence-corrected chi connectivity index (χ0v) is 11.3. The van der Waals surface area contributed by atoms with Gasteiger partial charge in [0.15, 0.2) is 0 Å². The van der Waals surface area contributed by atoms with Gasteiger partial charge in [-0.3, -0.25) is 0 Å². The Kier molecular flexibility index (Phi) is 4.07. The Morgan fingerprint density at radius 2 is 2.00 bits per heavy atom. The summed E-state index contributed by atoms with van der Waals surface area (Å²) in [6.45, 7) is 2.32. The quantitative estimate of drug-likeness (QED) is 0.927. The molecule has 0 aliphatic carbocycles. The smallest absolute Gasteiger partial charge is 0.219 e. The molecule has 0 aliphatic heterocycles. The maximum absolute atomic E-state index is 6.03. The van der Waals surface area contributed by atoms with Crippen LogP contribution in [0.25, 0.3) is 0 Å². The van der Waals surface area contributed by atoms with E-state index in [2.05, 4.69) is 4.98 Å². The molecule has 0 bridgehead atoms. The van der Waals surface area contributed by atoms with E-state index in [-0.39, 0.29) is 0 Å². The molecule has 2 aromatic rings. The summed E-state index contributed by atoms with van der Waals surface area (Å²) in [4.78, 5) is 4.27. The number of halogens is 2. The van der Waals surface area contributed by atoms with Crippen LogP contribution in [-0.4, -0.2) is 4.98 Å². The second kappa shape index (κ2) is 5.57. The summed E-state index contributed by atoms with van der Waals surface area (Å²) in [6.07, 6.45) is 0. The lowest BCUT2D eigenvalue weighted by molar-refractivity contribution is 0.461. The highest BCUT2D eigenvalue weighted by Crippen LogP contribution is 2.31. The summed E-state index contributed by atoms with van der Waals surface area (Å²) in [5.74, 6) is 0.988. The van der Waals surface area contributed by atoms with E-state index in [1.54, 1.807) is 24.3 Å². The number of benzene rings is 1. The van der Waals surface area contributed by atoms with Crippen molar-refractivity contribution in [1.29, 1.82) is 0 Å². The van der Waals surface area contributed by atoms with Gasteiger partial charge in [-0.05, 0) is 36.8 Å². The Hall–Kier alpha value is -1.29. The summed E-state index contributed by atoms with van der Waals surface area (Å²) in [6, 6.07) is 8.74. The average molecular weight is 283 g/mol. The van der Waals surface area contributed by atoms with Gasteiger partial charge in [-0.2, -0.15) is 0 Å². The van der Waals surface area contributed by atoms with Crippen LogP contribution in [0.3, 0.4) is 0 Å². The van der Waals surface area contributed by atoms with E-state index in [1.165, 1.54) is 0 Å². The van der Waals surface area contributed by atoms with E-state index in [9.17, 15) is 0 Å². The van der Waals surface area contributed by atoms with Crippen molar-refractivity contribution in [2.45, 2.75) is 13.5 Å². The number of pyridine rings is 1. The maximum Gasteiger partial charge on any atom is 0.219 e. The van der Waals surface area contributed by atoms with Crippen LogP contribution >= 0.6 is 23.2 Å². The van der Waals surface area contributed by atoms with Crippen molar-refractivity contribution >= 4 is 23.2 Å². The third-order valence-electron chi connectivity index (χ3n) is 2.33. The fourth-order valence-corrected chi connectivity index (χ4v) is 1.99. The molecule has 94 valence electrons. The topological polar surface area (TPSA) is 48.1 Å². The predicted octanol–water partition coefficient (Wildman–Crippen LogP) is 3.95. The molecule has 0 saturated carbocycles. The van der Waals surface area contributed by atoms with Crippen LogP contribution in [0.4, 0.5) is 0 Å². The fraction of sp³-hybridized carbons (Fsp3) is 0.154. The first-order valence-electron chi connectivity index (χ1n) is 5.39. The van der Waals surface area contributed by atoms with Crippen molar-refractivity contribution in [3.05, 3.63) is 51.6 Å². The second-order valence-electron chi connectivity index (χ2n) is 3.84. The van der Waals surface area contributed by atoms with Gasteiger partial charge in [0.25, 0.3) is 0 Å². The van der Waals surface area contributed by atoms with Crippen LogP contribution in [0.1, 0.15) is 11.3 Å². The third-order valence-corrected chi connectivity index (χ3v) is 2.86. The van der Waals surface area contributed by atoms with E-state index < -0.39 is 0 Å². The van der Waals surface area contributed by atoms with E-state index in [0.29, 0.717) is 28.2 Å². The molecular weight excluding hydrogens is 271 g/mol.